The minimum absolute atomic E-state index is 0.0469. The van der Waals surface area contributed by atoms with Gasteiger partial charge in [-0.3, -0.25) is 14.6 Å². The Bertz CT molecular complexity index is 1540. The van der Waals surface area contributed by atoms with Gasteiger partial charge in [0, 0.05) is 25.0 Å². The van der Waals surface area contributed by atoms with Crippen molar-refractivity contribution in [3.05, 3.63) is 120 Å². The van der Waals surface area contributed by atoms with Gasteiger partial charge >= 0.3 is 0 Å². The first-order valence-electron chi connectivity index (χ1n) is 12.2. The number of amides is 1. The van der Waals surface area contributed by atoms with Crippen LogP contribution in [0.1, 0.15) is 22.7 Å². The van der Waals surface area contributed by atoms with Gasteiger partial charge in [0.05, 0.1) is 31.4 Å². The number of aliphatic hydroxyl groups excluding tert-OH is 1. The third-order valence-corrected chi connectivity index (χ3v) is 6.46. The molecule has 1 fully saturated rings. The Hall–Kier alpha value is -5.11. The molecule has 1 unspecified atom stereocenters. The first-order valence-corrected chi connectivity index (χ1v) is 12.2. The molecule has 0 aliphatic carbocycles. The van der Waals surface area contributed by atoms with Gasteiger partial charge in [-0.15, -0.1) is 0 Å². The number of benzene rings is 3. The molecule has 2 heterocycles. The van der Waals surface area contributed by atoms with Gasteiger partial charge in [-0.2, -0.15) is 0 Å². The van der Waals surface area contributed by atoms with E-state index in [0.29, 0.717) is 28.6 Å². The number of likely N-dealkylation sites (tertiary alicyclic amines) is 1. The summed E-state index contributed by atoms with van der Waals surface area (Å²) >= 11 is 0. The lowest BCUT2D eigenvalue weighted by Crippen LogP contribution is -2.29. The van der Waals surface area contributed by atoms with Crippen LogP contribution in [0.25, 0.3) is 5.76 Å². The highest BCUT2D eigenvalue weighted by atomic mass is 16.5. The number of ether oxygens (including phenoxy) is 3. The van der Waals surface area contributed by atoms with E-state index in [-0.39, 0.29) is 23.4 Å². The first kappa shape index (κ1) is 25.5. The minimum Gasteiger partial charge on any atom is -0.507 e. The second-order valence-electron chi connectivity index (χ2n) is 8.84. The molecule has 1 N–H and O–H groups in total. The molecule has 1 aromatic heterocycles. The Labute approximate surface area is 225 Å². The average Bonchev–Trinajstić information content (AvgIpc) is 3.22. The van der Waals surface area contributed by atoms with Gasteiger partial charge in [-0.25, -0.2) is 0 Å². The van der Waals surface area contributed by atoms with Crippen molar-refractivity contribution in [3.8, 4) is 23.0 Å². The zero-order valence-electron chi connectivity index (χ0n) is 21.4. The summed E-state index contributed by atoms with van der Waals surface area (Å²) in [7, 11) is 2.97. The molecule has 8 heteroatoms. The van der Waals surface area contributed by atoms with E-state index in [1.54, 1.807) is 67.0 Å². The maximum Gasteiger partial charge on any atom is 0.295 e. The number of ketones is 1. The zero-order chi connectivity index (χ0) is 27.4. The third-order valence-electron chi connectivity index (χ3n) is 6.46. The van der Waals surface area contributed by atoms with Gasteiger partial charge in [0.1, 0.15) is 28.8 Å². The van der Waals surface area contributed by atoms with Crippen molar-refractivity contribution >= 4 is 17.4 Å². The van der Waals surface area contributed by atoms with Crippen molar-refractivity contribution < 1.29 is 28.9 Å². The molecule has 1 aliphatic rings. The monoisotopic (exact) mass is 522 g/mol. The van der Waals surface area contributed by atoms with Crippen LogP contribution in [-0.4, -0.2) is 40.9 Å². The number of Topliss-reactive ketones (excluding diaryl/α,β-unsaturated/α-hetero) is 1. The van der Waals surface area contributed by atoms with Crippen molar-refractivity contribution in [2.24, 2.45) is 0 Å². The maximum atomic E-state index is 13.5. The number of aromatic nitrogens is 1. The molecule has 0 bridgehead atoms. The normalized spacial score (nSPS) is 16.3. The van der Waals surface area contributed by atoms with Crippen molar-refractivity contribution in [1.82, 2.24) is 9.88 Å². The highest BCUT2D eigenvalue weighted by Gasteiger charge is 2.46. The second kappa shape index (κ2) is 11.1. The topological polar surface area (TPSA) is 98.2 Å². The molecule has 39 heavy (non-hydrogen) atoms. The Morgan fingerprint density at radius 1 is 0.846 bits per heavy atom. The predicted octanol–water partition coefficient (Wildman–Crippen LogP) is 5.51. The van der Waals surface area contributed by atoms with Crippen molar-refractivity contribution in [2.45, 2.75) is 12.6 Å². The summed E-state index contributed by atoms with van der Waals surface area (Å²) < 4.78 is 16.8. The van der Waals surface area contributed by atoms with Gasteiger partial charge in [-0.05, 0) is 59.7 Å². The molecule has 5 rings (SSSR count). The Morgan fingerprint density at radius 2 is 1.59 bits per heavy atom. The summed E-state index contributed by atoms with van der Waals surface area (Å²) in [4.78, 5) is 32.4. The molecule has 196 valence electrons. The largest absolute Gasteiger partial charge is 0.507 e. The Kier molecular flexibility index (Phi) is 7.27. The fourth-order valence-corrected chi connectivity index (χ4v) is 4.59. The molecule has 1 aliphatic heterocycles. The minimum atomic E-state index is -0.885. The Morgan fingerprint density at radius 3 is 2.31 bits per heavy atom. The van der Waals surface area contributed by atoms with Gasteiger partial charge < -0.3 is 24.2 Å². The summed E-state index contributed by atoms with van der Waals surface area (Å²) in [5.74, 6) is 0.123. The number of aliphatic hydroxyl groups is 1. The lowest BCUT2D eigenvalue weighted by atomic mass is 9.94. The van der Waals surface area contributed by atoms with Crippen LogP contribution in [0.15, 0.2) is 103 Å². The van der Waals surface area contributed by atoms with Crippen LogP contribution in [0.4, 0.5) is 0 Å². The molecule has 0 saturated carbocycles. The molecule has 0 spiro atoms. The fourth-order valence-electron chi connectivity index (χ4n) is 4.59. The quantitative estimate of drug-likeness (QED) is 0.185. The van der Waals surface area contributed by atoms with E-state index < -0.39 is 17.7 Å². The molecule has 1 saturated heterocycles. The lowest BCUT2D eigenvalue weighted by Gasteiger charge is -2.26. The predicted molar refractivity (Wildman–Crippen MR) is 145 cm³/mol. The van der Waals surface area contributed by atoms with Crippen molar-refractivity contribution in [3.63, 3.8) is 0 Å². The summed E-state index contributed by atoms with van der Waals surface area (Å²) in [5.41, 5.74) is 1.61. The van der Waals surface area contributed by atoms with E-state index >= 15 is 0 Å². The average molecular weight is 523 g/mol. The number of hydrogen-bond donors (Lipinski definition) is 1. The summed E-state index contributed by atoms with van der Waals surface area (Å²) in [6.07, 6.45) is 3.24. The molecule has 4 aromatic rings. The summed E-state index contributed by atoms with van der Waals surface area (Å²) in [6.45, 7) is 0.137. The van der Waals surface area contributed by atoms with E-state index in [2.05, 4.69) is 4.98 Å². The second-order valence-corrected chi connectivity index (χ2v) is 8.84. The Balaban J connectivity index is 1.64. The third kappa shape index (κ3) is 5.17. The lowest BCUT2D eigenvalue weighted by molar-refractivity contribution is -0.140. The first-order chi connectivity index (χ1) is 19.0. The highest BCUT2D eigenvalue weighted by Crippen LogP contribution is 2.43. The van der Waals surface area contributed by atoms with Crippen LogP contribution < -0.4 is 14.2 Å². The van der Waals surface area contributed by atoms with Crippen LogP contribution in [0.2, 0.25) is 0 Å². The van der Waals surface area contributed by atoms with Crippen LogP contribution in [0.5, 0.6) is 23.0 Å². The number of hydrogen-bond acceptors (Lipinski definition) is 7. The van der Waals surface area contributed by atoms with E-state index in [1.807, 2.05) is 30.3 Å². The van der Waals surface area contributed by atoms with Crippen molar-refractivity contribution in [2.75, 3.05) is 14.2 Å². The van der Waals surface area contributed by atoms with Gasteiger partial charge in [-0.1, -0.05) is 30.3 Å². The number of carbonyl (C=O) groups excluding carboxylic acids is 2. The number of para-hydroxylation sites is 1. The molecular formula is C31H26N2O6. The highest BCUT2D eigenvalue weighted by molar-refractivity contribution is 6.46. The standard InChI is InChI=1S/C31H26N2O6/c1-37-23-11-12-25(26(18-23)38-2)29(34)27-28(33(31(36)30(27)35)19-20-13-15-32-16-14-20)21-7-6-10-24(17-21)39-22-8-4-3-5-9-22/h3-18,28,34H,19H2,1-2H3/b29-27+. The molecule has 0 radical (unpaired) electrons. The number of pyridine rings is 1. The number of nitrogens with zero attached hydrogens (tertiary/aromatic N) is 2. The van der Waals surface area contributed by atoms with Crippen LogP contribution in [0.3, 0.4) is 0 Å². The molecular weight excluding hydrogens is 496 g/mol. The maximum absolute atomic E-state index is 13.5. The van der Waals surface area contributed by atoms with E-state index in [0.717, 1.165) is 5.56 Å². The van der Waals surface area contributed by atoms with E-state index in [4.69, 9.17) is 14.2 Å². The molecule has 8 nitrogen and oxygen atoms in total. The van der Waals surface area contributed by atoms with Crippen molar-refractivity contribution in [1.29, 1.82) is 0 Å². The number of rotatable bonds is 8. The molecule has 3 aromatic carbocycles. The molecule has 1 amide bonds. The zero-order valence-corrected chi connectivity index (χ0v) is 21.4. The van der Waals surface area contributed by atoms with E-state index in [1.165, 1.54) is 19.1 Å². The number of methoxy groups -OCH3 is 2. The van der Waals surface area contributed by atoms with E-state index in [9.17, 15) is 14.7 Å². The SMILES string of the molecule is COc1ccc(/C(O)=C2\C(=O)C(=O)N(Cc3ccncc3)C2c2cccc(Oc3ccccc3)c2)c(OC)c1. The van der Waals surface area contributed by atoms with Gasteiger partial charge in [0.15, 0.2) is 0 Å². The number of carbonyl (C=O) groups is 2. The smallest absolute Gasteiger partial charge is 0.295 e. The summed E-state index contributed by atoms with van der Waals surface area (Å²) in [5, 5.41) is 11.5. The fraction of sp³-hybridized carbons (Fsp3) is 0.129. The summed E-state index contributed by atoms with van der Waals surface area (Å²) in [6, 6.07) is 23.9. The van der Waals surface area contributed by atoms with Gasteiger partial charge in [0.2, 0.25) is 0 Å². The van der Waals surface area contributed by atoms with Gasteiger partial charge in [0.25, 0.3) is 11.7 Å². The van der Waals surface area contributed by atoms with Crippen LogP contribution in [-0.2, 0) is 16.1 Å². The van der Waals surface area contributed by atoms with Crippen LogP contribution in [0, 0.1) is 0 Å². The van der Waals surface area contributed by atoms with Crippen LogP contribution >= 0.6 is 0 Å². The molecule has 1 atom stereocenters.